The van der Waals surface area contributed by atoms with Crippen molar-refractivity contribution in [3.63, 3.8) is 0 Å². The van der Waals surface area contributed by atoms with Crippen LogP contribution in [0.25, 0.3) is 10.8 Å². The number of hydrogen-bond donors (Lipinski definition) is 0. The molecule has 0 radical (unpaired) electrons. The third kappa shape index (κ3) is 3.72. The van der Waals surface area contributed by atoms with Crippen molar-refractivity contribution in [2.45, 2.75) is 0 Å². The van der Waals surface area contributed by atoms with Gasteiger partial charge in [0.15, 0.2) is 81.4 Å². The molecule has 0 spiro atoms. The maximum Gasteiger partial charge on any atom is 0.404 e. The van der Waals surface area contributed by atoms with Crippen LogP contribution < -0.4 is 13.3 Å². The first-order chi connectivity index (χ1) is 17.6. The molecule has 38 heavy (non-hydrogen) atoms. The summed E-state index contributed by atoms with van der Waals surface area (Å²) >= 11 is -5.53. The Morgan fingerprint density at radius 2 is 0.684 bits per heavy atom. The van der Waals surface area contributed by atoms with E-state index in [1.165, 1.54) is 0 Å². The smallest absolute Gasteiger partial charge is 0.205 e. The zero-order valence-electron chi connectivity index (χ0n) is 17.4. The van der Waals surface area contributed by atoms with Crippen molar-refractivity contribution < 1.29 is 65.9 Å². The van der Waals surface area contributed by atoms with Crippen molar-refractivity contribution in [2.24, 2.45) is 0 Å². The van der Waals surface area contributed by atoms with Crippen LogP contribution in [0.2, 0.25) is 0 Å². The maximum atomic E-state index is 15.1. The normalized spacial score (nSPS) is 11.6. The minimum Gasteiger partial charge on any atom is -0.205 e. The molecule has 4 aromatic rings. The predicted molar refractivity (Wildman–Crippen MR) is 101 cm³/mol. The lowest BCUT2D eigenvalue weighted by atomic mass is 10.1. The van der Waals surface area contributed by atoms with Crippen LogP contribution >= 0.6 is 0 Å². The molecule has 0 heterocycles. The van der Waals surface area contributed by atoms with E-state index in [0.29, 0.717) is 0 Å². The van der Waals surface area contributed by atoms with E-state index in [-0.39, 0.29) is 12.1 Å². The fraction of sp³-hybridized carbons (Fsp3) is 0. The van der Waals surface area contributed by atoms with Gasteiger partial charge in [-0.05, 0) is 10.5 Å². The van der Waals surface area contributed by atoms with E-state index in [0.717, 1.165) is 0 Å². The summed E-state index contributed by atoms with van der Waals surface area (Å²) in [6.45, 7) is 0. The molecule has 0 atom stereocenters. The van der Waals surface area contributed by atoms with Crippen molar-refractivity contribution in [1.82, 2.24) is 0 Å². The first kappa shape index (κ1) is 27.7. The quantitative estimate of drug-likeness (QED) is 0.132. The Labute approximate surface area is 203 Å². The minimum atomic E-state index is -5.53. The van der Waals surface area contributed by atoms with Crippen molar-refractivity contribution in [1.29, 1.82) is 0 Å². The first-order valence-electron chi connectivity index (χ1n) is 9.61. The third-order valence-electron chi connectivity index (χ3n) is 5.57. The Kier molecular flexibility index (Phi) is 6.86. The first-order valence-corrected chi connectivity index (χ1v) is 11.3. The molecule has 0 nitrogen and oxygen atoms in total. The van der Waals surface area contributed by atoms with Gasteiger partial charge in [0.2, 0.25) is 0 Å². The van der Waals surface area contributed by atoms with Gasteiger partial charge in [-0.15, -0.1) is 0 Å². The van der Waals surface area contributed by atoms with Gasteiger partial charge in [0, 0.05) is 5.39 Å². The van der Waals surface area contributed by atoms with Crippen molar-refractivity contribution in [3.8, 4) is 0 Å². The summed E-state index contributed by atoms with van der Waals surface area (Å²) in [6.07, 6.45) is 0. The average molecular weight is 578 g/mol. The van der Waals surface area contributed by atoms with Crippen LogP contribution in [-0.4, -0.2) is 14.1 Å². The van der Waals surface area contributed by atoms with E-state index in [9.17, 15) is 61.5 Å². The fourth-order valence-corrected chi connectivity index (χ4v) is 7.17. The van der Waals surface area contributed by atoms with Crippen LogP contribution in [0.3, 0.4) is 0 Å². The highest BCUT2D eigenvalue weighted by Gasteiger charge is 2.44. The van der Waals surface area contributed by atoms with Crippen molar-refractivity contribution in [2.75, 3.05) is 0 Å². The summed E-state index contributed by atoms with van der Waals surface area (Å²) in [4.78, 5) is 0. The molecule has 0 saturated carbocycles. The van der Waals surface area contributed by atoms with Gasteiger partial charge in [-0.1, -0.05) is 14.9 Å². The lowest BCUT2D eigenvalue weighted by Crippen LogP contribution is -2.58. The minimum absolute atomic E-state index is 0.00301. The highest BCUT2D eigenvalue weighted by molar-refractivity contribution is 6.97. The number of benzene rings is 4. The molecule has 0 unspecified atom stereocenters. The monoisotopic (exact) mass is 578 g/mol. The van der Waals surface area contributed by atoms with Crippen LogP contribution in [0.15, 0.2) is 12.1 Å². The Bertz CT molecular complexity index is 1640. The number of fused-ring (bicyclic) bond motifs is 1. The molecule has 0 amide bonds. The molecule has 4 aromatic carbocycles. The lowest BCUT2D eigenvalue weighted by Gasteiger charge is -2.21. The van der Waals surface area contributed by atoms with Gasteiger partial charge < -0.3 is 0 Å². The highest BCUT2D eigenvalue weighted by atomic mass is 27.2. The third-order valence-corrected chi connectivity index (χ3v) is 8.85. The summed E-state index contributed by atoms with van der Waals surface area (Å²) in [5.74, 6) is -40.7. The zero-order chi connectivity index (χ0) is 28.5. The summed E-state index contributed by atoms with van der Waals surface area (Å²) < 4.78 is 209. The Morgan fingerprint density at radius 3 is 1.18 bits per heavy atom. The van der Waals surface area contributed by atoms with Gasteiger partial charge >= 0.3 is 14.1 Å². The molecular weight excluding hydrogens is 576 g/mol. The van der Waals surface area contributed by atoms with Crippen LogP contribution in [-0.2, 0) is 0 Å². The van der Waals surface area contributed by atoms with Gasteiger partial charge in [-0.25, -0.2) is 65.9 Å². The van der Waals surface area contributed by atoms with E-state index < -0.39 is 125 Å². The van der Waals surface area contributed by atoms with Crippen molar-refractivity contribution >= 4 is 38.2 Å². The predicted octanol–water partition coefficient (Wildman–Crippen LogP) is 5.44. The molecule has 0 aromatic heterocycles. The molecule has 0 N–H and O–H groups in total. The second-order valence-corrected chi connectivity index (χ2v) is 10.2. The number of halogens is 15. The number of rotatable bonds is 3. The maximum absolute atomic E-state index is 15.1. The van der Waals surface area contributed by atoms with Crippen LogP contribution in [0.4, 0.5) is 65.9 Å². The van der Waals surface area contributed by atoms with E-state index in [1.807, 2.05) is 0 Å². The Hall–Kier alpha value is -3.38. The molecule has 16 heteroatoms. The summed E-state index contributed by atoms with van der Waals surface area (Å²) in [5, 5.41) is -4.40. The van der Waals surface area contributed by atoms with E-state index >= 15 is 4.39 Å². The van der Waals surface area contributed by atoms with Gasteiger partial charge in [0.05, 0.1) is 5.39 Å². The number of hydrogen-bond acceptors (Lipinski definition) is 0. The summed E-state index contributed by atoms with van der Waals surface area (Å²) in [5.41, 5.74) is 0. The molecule has 0 aliphatic rings. The van der Waals surface area contributed by atoms with Gasteiger partial charge in [0.1, 0.15) is 5.82 Å². The van der Waals surface area contributed by atoms with Crippen molar-refractivity contribution in [3.05, 3.63) is 99.4 Å². The standard InChI is InChI=1S/C10F7.C6F5.C6H2F3.Al/c11-3-1-2-4(7(14)6(3)13)8(15)10(17)9(16)5(2)12;7-2-1-3(8)5(10)6(11)4(2)9;7-4-2-1-3-5(8)6(4)9;/h;;1-2H;. The average Bonchev–Trinajstić information content (AvgIpc) is 2.89. The lowest BCUT2D eigenvalue weighted by molar-refractivity contribution is 0.384. The molecular formula is C22H2AlF15. The summed E-state index contributed by atoms with van der Waals surface area (Å²) in [7, 11) is 0. The van der Waals surface area contributed by atoms with Crippen LogP contribution in [0, 0.1) is 87.3 Å². The second-order valence-electron chi connectivity index (χ2n) is 7.54. The van der Waals surface area contributed by atoms with E-state index in [2.05, 4.69) is 0 Å². The molecule has 198 valence electrons. The van der Waals surface area contributed by atoms with Crippen LogP contribution in [0.1, 0.15) is 0 Å². The topological polar surface area (TPSA) is 0 Å². The van der Waals surface area contributed by atoms with Gasteiger partial charge in [0.25, 0.3) is 0 Å². The fourth-order valence-electron chi connectivity index (χ4n) is 3.89. The molecule has 0 saturated heterocycles. The SMILES string of the molecule is Fc1cc[c]([Al]([c]2c(F)c(F)c(F)c(F)c2F)[c]2c(F)c(F)c(F)c3c(F)c(F)c(F)c(F)c23)c(F)c1F. The molecule has 4 rings (SSSR count). The highest BCUT2D eigenvalue weighted by Crippen LogP contribution is 2.31. The molecule has 0 aliphatic heterocycles. The van der Waals surface area contributed by atoms with Crippen LogP contribution in [0.5, 0.6) is 0 Å². The van der Waals surface area contributed by atoms with E-state index in [1.54, 1.807) is 0 Å². The molecule has 0 fully saturated rings. The zero-order valence-corrected chi connectivity index (χ0v) is 18.6. The Morgan fingerprint density at radius 1 is 0.316 bits per heavy atom. The molecule has 0 bridgehead atoms. The second kappa shape index (κ2) is 9.42. The Balaban J connectivity index is 2.37. The van der Waals surface area contributed by atoms with E-state index in [4.69, 9.17) is 0 Å². The summed E-state index contributed by atoms with van der Waals surface area (Å²) in [6, 6.07) is 0.0559. The van der Waals surface area contributed by atoms with Gasteiger partial charge in [-0.2, -0.15) is 0 Å². The largest absolute Gasteiger partial charge is 0.404 e. The molecule has 0 aliphatic carbocycles. The van der Waals surface area contributed by atoms with Gasteiger partial charge in [-0.3, -0.25) is 0 Å².